The van der Waals surface area contributed by atoms with Crippen LogP contribution in [0.3, 0.4) is 0 Å². The fourth-order valence-electron chi connectivity index (χ4n) is 0.249. The Morgan fingerprint density at radius 2 is 2.27 bits per heavy atom. The van der Waals surface area contributed by atoms with E-state index in [1.807, 2.05) is 0 Å². The molecule has 62 valence electrons. The Morgan fingerprint density at radius 1 is 1.64 bits per heavy atom. The molecule has 0 unspecified atom stereocenters. The second-order valence-electron chi connectivity index (χ2n) is 1.36. The number of carbonyl (C=O) groups excluding carboxylic acids is 1. The van der Waals surface area contributed by atoms with E-state index in [0.717, 1.165) is 0 Å². The van der Waals surface area contributed by atoms with Crippen molar-refractivity contribution in [2.45, 2.75) is 0 Å². The summed E-state index contributed by atoms with van der Waals surface area (Å²) in [6, 6.07) is 0. The van der Waals surface area contributed by atoms with Crippen molar-refractivity contribution in [2.75, 3.05) is 6.61 Å². The predicted octanol–water partition coefficient (Wildman–Crippen LogP) is 0.508. The van der Waals surface area contributed by atoms with Crippen LogP contribution in [0, 0.1) is 0 Å². The van der Waals surface area contributed by atoms with E-state index in [0.29, 0.717) is 0 Å². The van der Waals surface area contributed by atoms with Gasteiger partial charge in [-0.1, -0.05) is 12.7 Å². The molecule has 0 aliphatic carbocycles. The number of hydrogen-bond donors (Lipinski definition) is 2. The van der Waals surface area contributed by atoms with E-state index in [1.165, 1.54) is 11.6 Å². The number of ether oxygens (including phenoxy) is 1. The molecule has 1 amide bonds. The molecule has 6 heteroatoms. The fraction of sp³-hybridized carbons (Fsp3) is 0.200. The van der Waals surface area contributed by atoms with Crippen molar-refractivity contribution >= 4 is 12.2 Å². The molecule has 0 fully saturated rings. The molecular formula is C5H7NO5. The predicted molar refractivity (Wildman–Crippen MR) is 33.8 cm³/mol. The zero-order valence-corrected chi connectivity index (χ0v) is 5.57. The first-order valence-corrected chi connectivity index (χ1v) is 2.60. The van der Waals surface area contributed by atoms with Gasteiger partial charge >= 0.3 is 12.2 Å². The summed E-state index contributed by atoms with van der Waals surface area (Å²) >= 11 is 0. The molecule has 0 aliphatic heterocycles. The van der Waals surface area contributed by atoms with Crippen LogP contribution in [0.1, 0.15) is 0 Å². The molecule has 0 atom stereocenters. The SMILES string of the molecule is C=CCOC(=O)NOC(=O)O. The van der Waals surface area contributed by atoms with Gasteiger partial charge in [-0.3, -0.25) is 0 Å². The number of hydroxylamine groups is 1. The van der Waals surface area contributed by atoms with Gasteiger partial charge in [0.1, 0.15) is 6.61 Å². The molecule has 11 heavy (non-hydrogen) atoms. The van der Waals surface area contributed by atoms with Crippen LogP contribution in [-0.2, 0) is 9.57 Å². The van der Waals surface area contributed by atoms with Gasteiger partial charge in [0, 0.05) is 0 Å². The Bertz CT molecular complexity index is 166. The molecule has 0 spiro atoms. The molecule has 0 aromatic carbocycles. The second-order valence-corrected chi connectivity index (χ2v) is 1.36. The molecular weight excluding hydrogens is 154 g/mol. The lowest BCUT2D eigenvalue weighted by Crippen LogP contribution is -2.26. The molecule has 0 radical (unpaired) electrons. The average molecular weight is 161 g/mol. The fourth-order valence-corrected chi connectivity index (χ4v) is 0.249. The van der Waals surface area contributed by atoms with Gasteiger partial charge < -0.3 is 14.7 Å². The van der Waals surface area contributed by atoms with Crippen molar-refractivity contribution in [3.8, 4) is 0 Å². The molecule has 0 aromatic heterocycles. The van der Waals surface area contributed by atoms with Crippen molar-refractivity contribution in [3.05, 3.63) is 12.7 Å². The van der Waals surface area contributed by atoms with Crippen molar-refractivity contribution in [1.29, 1.82) is 0 Å². The highest BCUT2D eigenvalue weighted by Crippen LogP contribution is 1.78. The highest BCUT2D eigenvalue weighted by Gasteiger charge is 2.02. The third-order valence-electron chi connectivity index (χ3n) is 0.554. The van der Waals surface area contributed by atoms with Crippen molar-refractivity contribution in [3.63, 3.8) is 0 Å². The number of rotatable bonds is 2. The van der Waals surface area contributed by atoms with E-state index in [1.54, 1.807) is 0 Å². The van der Waals surface area contributed by atoms with Crippen LogP contribution < -0.4 is 5.48 Å². The van der Waals surface area contributed by atoms with Gasteiger partial charge in [0.25, 0.3) is 0 Å². The molecule has 0 aromatic rings. The van der Waals surface area contributed by atoms with E-state index in [4.69, 9.17) is 5.11 Å². The summed E-state index contributed by atoms with van der Waals surface area (Å²) in [5.41, 5.74) is 1.51. The third-order valence-corrected chi connectivity index (χ3v) is 0.554. The summed E-state index contributed by atoms with van der Waals surface area (Å²) in [5.74, 6) is 0. The highest BCUT2D eigenvalue weighted by molar-refractivity contribution is 5.68. The van der Waals surface area contributed by atoms with Gasteiger partial charge in [0.05, 0.1) is 0 Å². The number of nitrogens with one attached hydrogen (secondary N) is 1. The Labute approximate surface area is 62.4 Å². The van der Waals surface area contributed by atoms with E-state index < -0.39 is 12.2 Å². The smallest absolute Gasteiger partial charge is 0.448 e. The first kappa shape index (κ1) is 9.28. The summed E-state index contributed by atoms with van der Waals surface area (Å²) in [6.45, 7) is 3.26. The first-order valence-electron chi connectivity index (χ1n) is 2.60. The highest BCUT2D eigenvalue weighted by atomic mass is 16.8. The molecule has 6 nitrogen and oxygen atoms in total. The van der Waals surface area contributed by atoms with Crippen LogP contribution in [0.15, 0.2) is 12.7 Å². The van der Waals surface area contributed by atoms with Gasteiger partial charge in [0.15, 0.2) is 0 Å². The first-order chi connectivity index (χ1) is 5.16. The van der Waals surface area contributed by atoms with E-state index in [2.05, 4.69) is 16.2 Å². The minimum atomic E-state index is -1.61. The third kappa shape index (κ3) is 6.16. The lowest BCUT2D eigenvalue weighted by molar-refractivity contribution is 0.0361. The maximum atomic E-state index is 10.3. The molecule has 0 rings (SSSR count). The summed E-state index contributed by atoms with van der Waals surface area (Å²) in [7, 11) is 0. The zero-order chi connectivity index (χ0) is 8.69. The van der Waals surface area contributed by atoms with Crippen LogP contribution in [0.2, 0.25) is 0 Å². The minimum Gasteiger partial charge on any atom is -0.448 e. The van der Waals surface area contributed by atoms with Crippen molar-refractivity contribution in [1.82, 2.24) is 5.48 Å². The standard InChI is InChI=1S/C5H7NO5/c1-2-3-10-4(7)6-11-5(8)9/h2H,1,3H2,(H,6,7)(H,8,9). The van der Waals surface area contributed by atoms with E-state index >= 15 is 0 Å². The molecule has 0 saturated carbocycles. The number of amides is 1. The normalized spacial score (nSPS) is 8.00. The Balaban J connectivity index is 3.37. The maximum Gasteiger partial charge on any atom is 0.530 e. The van der Waals surface area contributed by atoms with Gasteiger partial charge in [-0.25, -0.2) is 9.59 Å². The van der Waals surface area contributed by atoms with Gasteiger partial charge in [-0.15, -0.1) is 5.48 Å². The summed E-state index contributed by atoms with van der Waals surface area (Å²) in [5, 5.41) is 7.88. The van der Waals surface area contributed by atoms with Crippen LogP contribution in [0.5, 0.6) is 0 Å². The Hall–Kier alpha value is -1.72. The van der Waals surface area contributed by atoms with Crippen LogP contribution in [0.4, 0.5) is 9.59 Å². The summed E-state index contributed by atoms with van der Waals surface area (Å²) in [6.07, 6.45) is -1.26. The molecule has 2 N–H and O–H groups in total. The topological polar surface area (TPSA) is 84.9 Å². The van der Waals surface area contributed by atoms with Crippen LogP contribution in [-0.4, -0.2) is 24.0 Å². The maximum absolute atomic E-state index is 10.3. The summed E-state index contributed by atoms with van der Waals surface area (Å²) in [4.78, 5) is 23.7. The van der Waals surface area contributed by atoms with Gasteiger partial charge in [-0.2, -0.15) is 0 Å². The van der Waals surface area contributed by atoms with Gasteiger partial charge in [0.2, 0.25) is 0 Å². The van der Waals surface area contributed by atoms with E-state index in [9.17, 15) is 9.59 Å². The molecule has 0 saturated heterocycles. The lowest BCUT2D eigenvalue weighted by Gasteiger charge is -2.01. The van der Waals surface area contributed by atoms with Crippen molar-refractivity contribution < 1.29 is 24.3 Å². The minimum absolute atomic E-state index is 0.00515. The lowest BCUT2D eigenvalue weighted by atomic mass is 10.7. The van der Waals surface area contributed by atoms with E-state index in [-0.39, 0.29) is 6.61 Å². The average Bonchev–Trinajstić information content (AvgIpc) is 1.97. The number of hydrogen-bond acceptors (Lipinski definition) is 4. The second kappa shape index (κ2) is 5.10. The molecule has 0 heterocycles. The largest absolute Gasteiger partial charge is 0.530 e. The number of carbonyl (C=O) groups is 2. The molecule has 0 bridgehead atoms. The Kier molecular flexibility index (Phi) is 4.30. The van der Waals surface area contributed by atoms with Crippen LogP contribution >= 0.6 is 0 Å². The van der Waals surface area contributed by atoms with Gasteiger partial charge in [-0.05, 0) is 0 Å². The Morgan fingerprint density at radius 3 is 2.73 bits per heavy atom. The quantitative estimate of drug-likeness (QED) is 0.455. The van der Waals surface area contributed by atoms with Crippen molar-refractivity contribution in [2.24, 2.45) is 0 Å². The summed E-state index contributed by atoms with van der Waals surface area (Å²) < 4.78 is 4.29. The van der Waals surface area contributed by atoms with Crippen LogP contribution in [0.25, 0.3) is 0 Å². The zero-order valence-electron chi connectivity index (χ0n) is 5.57. The number of carboxylic acid groups (broad SMARTS) is 1. The monoisotopic (exact) mass is 161 g/mol. The molecule has 0 aliphatic rings.